The van der Waals surface area contributed by atoms with Crippen LogP contribution in [-0.4, -0.2) is 32.5 Å². The molecule has 1 aliphatic rings. The molecule has 2 atom stereocenters. The van der Waals surface area contributed by atoms with Crippen LogP contribution in [-0.2, 0) is 9.47 Å². The number of rotatable bonds is 4. The van der Waals surface area contributed by atoms with Crippen LogP contribution in [0.1, 0.15) is 18.7 Å². The minimum absolute atomic E-state index is 0.148. The summed E-state index contributed by atoms with van der Waals surface area (Å²) in [5.74, 6) is 0.920. The Bertz CT molecular complexity index is 323. The molecule has 0 aliphatic carbocycles. The first-order chi connectivity index (χ1) is 7.75. The van der Waals surface area contributed by atoms with Gasteiger partial charge >= 0.3 is 0 Å². The number of nitrogens with one attached hydrogen (secondary N) is 1. The van der Waals surface area contributed by atoms with E-state index >= 15 is 0 Å². The van der Waals surface area contributed by atoms with Crippen LogP contribution in [0.2, 0.25) is 0 Å². The third-order valence-corrected chi connectivity index (χ3v) is 2.98. The molecule has 4 nitrogen and oxygen atoms in total. The van der Waals surface area contributed by atoms with Gasteiger partial charge in [-0.15, -0.1) is 0 Å². The highest BCUT2D eigenvalue weighted by molar-refractivity contribution is 9.10. The van der Waals surface area contributed by atoms with Gasteiger partial charge in [-0.3, -0.25) is 0 Å². The topological polar surface area (TPSA) is 43.6 Å². The zero-order valence-electron chi connectivity index (χ0n) is 9.24. The van der Waals surface area contributed by atoms with Crippen molar-refractivity contribution in [2.45, 2.75) is 19.1 Å². The van der Waals surface area contributed by atoms with E-state index in [0.29, 0.717) is 19.8 Å². The van der Waals surface area contributed by atoms with Crippen molar-refractivity contribution < 1.29 is 13.9 Å². The predicted octanol–water partition coefficient (Wildman–Crippen LogP) is 2.11. The summed E-state index contributed by atoms with van der Waals surface area (Å²) in [4.78, 5) is 0. The third kappa shape index (κ3) is 3.31. The zero-order valence-corrected chi connectivity index (χ0v) is 10.8. The Morgan fingerprint density at radius 2 is 2.38 bits per heavy atom. The molecule has 2 rings (SSSR count). The second-order valence-electron chi connectivity index (χ2n) is 3.84. The number of furan rings is 1. The summed E-state index contributed by atoms with van der Waals surface area (Å²) < 4.78 is 17.1. The second-order valence-corrected chi connectivity index (χ2v) is 4.62. The van der Waals surface area contributed by atoms with Crippen LogP contribution in [0.3, 0.4) is 0 Å². The largest absolute Gasteiger partial charge is 0.453 e. The van der Waals surface area contributed by atoms with Crippen molar-refractivity contribution in [1.82, 2.24) is 5.32 Å². The van der Waals surface area contributed by atoms with Gasteiger partial charge in [-0.05, 0) is 35.0 Å². The van der Waals surface area contributed by atoms with Crippen LogP contribution in [0.4, 0.5) is 0 Å². The normalized spacial score (nSPS) is 23.2. The highest BCUT2D eigenvalue weighted by Crippen LogP contribution is 2.20. The summed E-state index contributed by atoms with van der Waals surface area (Å²) in [6.07, 6.45) is 0.148. The van der Waals surface area contributed by atoms with E-state index in [9.17, 15) is 0 Å². The van der Waals surface area contributed by atoms with Crippen molar-refractivity contribution in [3.63, 3.8) is 0 Å². The van der Waals surface area contributed by atoms with Crippen LogP contribution in [0.5, 0.6) is 0 Å². The smallest absolute Gasteiger partial charge is 0.169 e. The van der Waals surface area contributed by atoms with Gasteiger partial charge in [-0.25, -0.2) is 0 Å². The van der Waals surface area contributed by atoms with Gasteiger partial charge in [-0.2, -0.15) is 0 Å². The van der Waals surface area contributed by atoms with E-state index in [-0.39, 0.29) is 12.1 Å². The Labute approximate surface area is 103 Å². The second kappa shape index (κ2) is 5.82. The summed E-state index contributed by atoms with van der Waals surface area (Å²) in [5.41, 5.74) is 0. The molecule has 2 heterocycles. The molecule has 1 aliphatic heterocycles. The first kappa shape index (κ1) is 12.1. The molecule has 0 spiro atoms. The van der Waals surface area contributed by atoms with E-state index in [0.717, 1.165) is 17.0 Å². The number of ether oxygens (including phenoxy) is 2. The van der Waals surface area contributed by atoms with E-state index in [1.165, 1.54) is 0 Å². The van der Waals surface area contributed by atoms with E-state index in [1.54, 1.807) is 0 Å². The first-order valence-electron chi connectivity index (χ1n) is 5.43. The van der Waals surface area contributed by atoms with Crippen molar-refractivity contribution in [2.24, 2.45) is 0 Å². The van der Waals surface area contributed by atoms with E-state index in [4.69, 9.17) is 13.9 Å². The molecule has 1 N–H and O–H groups in total. The van der Waals surface area contributed by atoms with Gasteiger partial charge in [0.25, 0.3) is 0 Å². The maximum atomic E-state index is 5.54. The highest BCUT2D eigenvalue weighted by Gasteiger charge is 2.16. The van der Waals surface area contributed by atoms with Gasteiger partial charge in [0, 0.05) is 6.54 Å². The van der Waals surface area contributed by atoms with Gasteiger partial charge in [0.2, 0.25) is 0 Å². The average Bonchev–Trinajstić information content (AvgIpc) is 2.74. The van der Waals surface area contributed by atoms with Crippen LogP contribution < -0.4 is 5.32 Å². The lowest BCUT2D eigenvalue weighted by Crippen LogP contribution is -2.38. The van der Waals surface area contributed by atoms with Crippen molar-refractivity contribution in [3.05, 3.63) is 22.6 Å². The quantitative estimate of drug-likeness (QED) is 0.922. The van der Waals surface area contributed by atoms with Crippen molar-refractivity contribution in [2.75, 3.05) is 26.4 Å². The molecule has 1 aromatic heterocycles. The van der Waals surface area contributed by atoms with Crippen LogP contribution in [0, 0.1) is 0 Å². The molecule has 0 radical (unpaired) electrons. The lowest BCUT2D eigenvalue weighted by Gasteiger charge is -2.24. The van der Waals surface area contributed by atoms with Crippen molar-refractivity contribution in [3.8, 4) is 0 Å². The third-order valence-electron chi connectivity index (χ3n) is 2.56. The van der Waals surface area contributed by atoms with Crippen molar-refractivity contribution in [1.29, 1.82) is 0 Å². The molecule has 1 saturated heterocycles. The van der Waals surface area contributed by atoms with Gasteiger partial charge in [0.1, 0.15) is 5.76 Å². The Kier molecular flexibility index (Phi) is 4.40. The fourth-order valence-electron chi connectivity index (χ4n) is 1.62. The Morgan fingerprint density at radius 1 is 1.50 bits per heavy atom. The Hall–Kier alpha value is -0.360. The molecule has 90 valence electrons. The fourth-order valence-corrected chi connectivity index (χ4v) is 1.94. The van der Waals surface area contributed by atoms with E-state index in [1.807, 2.05) is 12.1 Å². The van der Waals surface area contributed by atoms with Crippen LogP contribution >= 0.6 is 15.9 Å². The predicted molar refractivity (Wildman–Crippen MR) is 63.4 cm³/mol. The van der Waals surface area contributed by atoms with Crippen LogP contribution in [0.15, 0.2) is 21.2 Å². The van der Waals surface area contributed by atoms with Gasteiger partial charge in [0.15, 0.2) is 4.67 Å². The summed E-state index contributed by atoms with van der Waals surface area (Å²) in [7, 11) is 0. The van der Waals surface area contributed by atoms with Crippen molar-refractivity contribution >= 4 is 15.9 Å². The highest BCUT2D eigenvalue weighted by atomic mass is 79.9. The van der Waals surface area contributed by atoms with Gasteiger partial charge in [0.05, 0.1) is 32.0 Å². The fraction of sp³-hybridized carbons (Fsp3) is 0.636. The minimum Gasteiger partial charge on any atom is -0.453 e. The molecule has 2 unspecified atom stereocenters. The molecule has 1 aromatic rings. The molecule has 0 saturated carbocycles. The average molecular weight is 290 g/mol. The SMILES string of the molecule is CC(NCC1COCCO1)c1ccc(Br)o1. The monoisotopic (exact) mass is 289 g/mol. The molecule has 5 heteroatoms. The molecule has 0 amide bonds. The molecule has 1 fully saturated rings. The van der Waals surface area contributed by atoms with E-state index in [2.05, 4.69) is 28.2 Å². The lowest BCUT2D eigenvalue weighted by molar-refractivity contribution is -0.0871. The van der Waals surface area contributed by atoms with Gasteiger partial charge < -0.3 is 19.2 Å². The van der Waals surface area contributed by atoms with E-state index < -0.39 is 0 Å². The lowest BCUT2D eigenvalue weighted by atomic mass is 10.2. The van der Waals surface area contributed by atoms with Gasteiger partial charge in [-0.1, -0.05) is 0 Å². The molecular weight excluding hydrogens is 274 g/mol. The standard InChI is InChI=1S/C11H16BrNO3/c1-8(10-2-3-11(12)16-10)13-6-9-7-14-4-5-15-9/h2-3,8-9,13H,4-7H2,1H3. The number of halogens is 1. The summed E-state index contributed by atoms with van der Waals surface area (Å²) >= 11 is 3.29. The maximum Gasteiger partial charge on any atom is 0.169 e. The molecular formula is C11H16BrNO3. The maximum absolute atomic E-state index is 5.54. The minimum atomic E-state index is 0.148. The zero-order chi connectivity index (χ0) is 11.4. The summed E-state index contributed by atoms with van der Waals surface area (Å²) in [6, 6.07) is 4.03. The Morgan fingerprint density at radius 3 is 3.00 bits per heavy atom. The number of hydrogen-bond donors (Lipinski definition) is 1. The van der Waals surface area contributed by atoms with Crippen LogP contribution in [0.25, 0.3) is 0 Å². The first-order valence-corrected chi connectivity index (χ1v) is 6.23. The number of hydrogen-bond acceptors (Lipinski definition) is 4. The Balaban J connectivity index is 1.76. The summed E-state index contributed by atoms with van der Waals surface area (Å²) in [5, 5.41) is 3.36. The summed E-state index contributed by atoms with van der Waals surface area (Å²) in [6.45, 7) is 4.90. The molecule has 0 bridgehead atoms. The molecule has 0 aromatic carbocycles. The molecule has 16 heavy (non-hydrogen) atoms.